The van der Waals surface area contributed by atoms with Crippen LogP contribution in [0.1, 0.15) is 5.56 Å². The van der Waals surface area contributed by atoms with Crippen molar-refractivity contribution < 1.29 is 0 Å². The third kappa shape index (κ3) is 2.94. The lowest BCUT2D eigenvalue weighted by molar-refractivity contribution is 1.51. The molecule has 29 heavy (non-hydrogen) atoms. The molecule has 0 fully saturated rings. The fourth-order valence-electron chi connectivity index (χ4n) is 4.77. The number of hydrogen-bond acceptors (Lipinski definition) is 0. The van der Waals surface area contributed by atoms with E-state index in [2.05, 4.69) is 117 Å². The highest BCUT2D eigenvalue weighted by molar-refractivity contribution is 6.88. The van der Waals surface area contributed by atoms with Crippen molar-refractivity contribution in [2.75, 3.05) is 0 Å². The zero-order chi connectivity index (χ0) is 19.8. The lowest BCUT2D eigenvalue weighted by Crippen LogP contribution is -2.41. The molecule has 0 unspecified atom stereocenters. The van der Waals surface area contributed by atoms with Gasteiger partial charge in [0.15, 0.2) is 0 Å². The van der Waals surface area contributed by atoms with Gasteiger partial charge in [-0.1, -0.05) is 126 Å². The standard InChI is InChI=1S/C28H23B/c1-20-12-6-11-19-26(20)29(2)28-24-17-9-7-15-22(24)27(21-13-4-3-5-14-21)23-16-8-10-18-25(23)28/h3-19H,1-2H3. The summed E-state index contributed by atoms with van der Waals surface area (Å²) < 4.78 is 0. The Morgan fingerprint density at radius 3 is 1.59 bits per heavy atom. The lowest BCUT2D eigenvalue weighted by atomic mass is 9.40. The molecule has 0 spiro atoms. The number of rotatable bonds is 3. The molecular formula is C28H23B. The minimum atomic E-state index is 0.316. The van der Waals surface area contributed by atoms with E-state index in [0.29, 0.717) is 6.71 Å². The molecule has 0 N–H and O–H groups in total. The van der Waals surface area contributed by atoms with E-state index in [9.17, 15) is 0 Å². The van der Waals surface area contributed by atoms with Gasteiger partial charge in [0.25, 0.3) is 0 Å². The fraction of sp³-hybridized carbons (Fsp3) is 0.0714. The van der Waals surface area contributed by atoms with Gasteiger partial charge in [-0.15, -0.1) is 0 Å². The molecule has 138 valence electrons. The van der Waals surface area contributed by atoms with Crippen molar-refractivity contribution in [3.05, 3.63) is 109 Å². The molecule has 0 saturated carbocycles. The largest absolute Gasteiger partial charge is 0.208 e. The van der Waals surface area contributed by atoms with Crippen LogP contribution in [0.25, 0.3) is 32.7 Å². The van der Waals surface area contributed by atoms with Gasteiger partial charge in [0.05, 0.1) is 0 Å². The molecule has 0 amide bonds. The molecule has 0 radical (unpaired) electrons. The van der Waals surface area contributed by atoms with Gasteiger partial charge in [0.2, 0.25) is 6.71 Å². The Hall–Kier alpha value is -3.32. The van der Waals surface area contributed by atoms with Crippen molar-refractivity contribution in [1.82, 2.24) is 0 Å². The summed E-state index contributed by atoms with van der Waals surface area (Å²) in [5.74, 6) is 0. The SMILES string of the molecule is CB(c1ccccc1C)c1c2ccccc2c(-c2ccccc2)c2ccccc12. The summed E-state index contributed by atoms with van der Waals surface area (Å²) in [5, 5.41) is 5.35. The smallest absolute Gasteiger partial charge is 0.0773 e. The van der Waals surface area contributed by atoms with Gasteiger partial charge in [0, 0.05) is 0 Å². The number of aryl methyl sites for hydroxylation is 1. The van der Waals surface area contributed by atoms with Crippen molar-refractivity contribution in [2.24, 2.45) is 0 Å². The van der Waals surface area contributed by atoms with Crippen molar-refractivity contribution in [3.8, 4) is 11.1 Å². The summed E-state index contributed by atoms with van der Waals surface area (Å²) in [7, 11) is 0. The third-order valence-corrected chi connectivity index (χ3v) is 6.12. The second-order valence-electron chi connectivity index (χ2n) is 7.82. The van der Waals surface area contributed by atoms with Gasteiger partial charge in [-0.3, -0.25) is 0 Å². The van der Waals surface area contributed by atoms with E-state index in [1.165, 1.54) is 49.2 Å². The molecule has 5 aromatic carbocycles. The lowest BCUT2D eigenvalue weighted by Gasteiger charge is -2.21. The predicted molar refractivity (Wildman–Crippen MR) is 129 cm³/mol. The maximum absolute atomic E-state index is 2.35. The fourth-order valence-corrected chi connectivity index (χ4v) is 4.77. The average Bonchev–Trinajstić information content (AvgIpc) is 2.78. The summed E-state index contributed by atoms with van der Waals surface area (Å²) in [6.45, 7) is 4.88. The highest BCUT2D eigenvalue weighted by atomic mass is 14.2. The monoisotopic (exact) mass is 370 g/mol. The van der Waals surface area contributed by atoms with Gasteiger partial charge in [-0.05, 0) is 39.6 Å². The summed E-state index contributed by atoms with van der Waals surface area (Å²) in [6.07, 6.45) is 0. The molecule has 0 aromatic heterocycles. The molecule has 0 aliphatic carbocycles. The molecule has 0 aliphatic heterocycles. The average molecular weight is 370 g/mol. The van der Waals surface area contributed by atoms with Crippen LogP contribution in [0, 0.1) is 6.92 Å². The van der Waals surface area contributed by atoms with Crippen LogP contribution in [-0.2, 0) is 0 Å². The molecule has 0 saturated heterocycles. The molecule has 0 bridgehead atoms. The third-order valence-electron chi connectivity index (χ3n) is 6.12. The minimum absolute atomic E-state index is 0.316. The van der Waals surface area contributed by atoms with E-state index < -0.39 is 0 Å². The van der Waals surface area contributed by atoms with Crippen molar-refractivity contribution in [3.63, 3.8) is 0 Å². The van der Waals surface area contributed by atoms with Gasteiger partial charge < -0.3 is 0 Å². The summed E-state index contributed by atoms with van der Waals surface area (Å²) in [4.78, 5) is 0. The highest BCUT2D eigenvalue weighted by Gasteiger charge is 2.22. The Balaban J connectivity index is 1.92. The van der Waals surface area contributed by atoms with E-state index in [1.54, 1.807) is 0 Å². The van der Waals surface area contributed by atoms with Crippen molar-refractivity contribution in [1.29, 1.82) is 0 Å². The van der Waals surface area contributed by atoms with Crippen molar-refractivity contribution >= 4 is 39.2 Å². The van der Waals surface area contributed by atoms with E-state index in [0.717, 1.165) is 0 Å². The molecule has 0 nitrogen and oxygen atoms in total. The normalized spacial score (nSPS) is 11.1. The first-order valence-electron chi connectivity index (χ1n) is 10.3. The van der Waals surface area contributed by atoms with Gasteiger partial charge in [-0.25, -0.2) is 0 Å². The molecule has 0 aliphatic rings. The van der Waals surface area contributed by atoms with E-state index in [4.69, 9.17) is 0 Å². The first-order valence-corrected chi connectivity index (χ1v) is 10.3. The van der Waals surface area contributed by atoms with Gasteiger partial charge >= 0.3 is 0 Å². The van der Waals surface area contributed by atoms with Crippen LogP contribution in [0.15, 0.2) is 103 Å². The Morgan fingerprint density at radius 2 is 1.00 bits per heavy atom. The van der Waals surface area contributed by atoms with Crippen LogP contribution >= 0.6 is 0 Å². The van der Waals surface area contributed by atoms with Crippen LogP contribution in [0.2, 0.25) is 6.82 Å². The van der Waals surface area contributed by atoms with E-state index >= 15 is 0 Å². The second-order valence-corrected chi connectivity index (χ2v) is 7.82. The molecule has 5 rings (SSSR count). The summed E-state index contributed by atoms with van der Waals surface area (Å²) in [6, 6.07) is 37.3. The topological polar surface area (TPSA) is 0 Å². The maximum atomic E-state index is 2.35. The van der Waals surface area contributed by atoms with Gasteiger partial charge in [0.1, 0.15) is 0 Å². The Labute approximate surface area is 172 Å². The van der Waals surface area contributed by atoms with E-state index in [-0.39, 0.29) is 0 Å². The first-order chi connectivity index (χ1) is 14.3. The summed E-state index contributed by atoms with van der Waals surface area (Å²) in [5.41, 5.74) is 6.77. The predicted octanol–water partition coefficient (Wildman–Crippen LogP) is 6.21. The van der Waals surface area contributed by atoms with Crippen LogP contribution < -0.4 is 10.9 Å². The van der Waals surface area contributed by atoms with Crippen molar-refractivity contribution in [2.45, 2.75) is 13.7 Å². The maximum Gasteiger partial charge on any atom is 0.208 e. The molecule has 5 aromatic rings. The number of benzene rings is 5. The molecule has 0 heterocycles. The van der Waals surface area contributed by atoms with Crippen LogP contribution in [0.4, 0.5) is 0 Å². The first kappa shape index (κ1) is 17.8. The van der Waals surface area contributed by atoms with Crippen LogP contribution in [0.3, 0.4) is 0 Å². The number of fused-ring (bicyclic) bond motifs is 2. The molecular weight excluding hydrogens is 347 g/mol. The quantitative estimate of drug-likeness (QED) is 0.262. The zero-order valence-corrected chi connectivity index (χ0v) is 16.9. The second kappa shape index (κ2) is 7.26. The Kier molecular flexibility index (Phi) is 4.44. The Bertz CT molecular complexity index is 1260. The summed E-state index contributed by atoms with van der Waals surface area (Å²) >= 11 is 0. The number of hydrogen-bond donors (Lipinski definition) is 0. The van der Waals surface area contributed by atoms with Crippen LogP contribution in [0.5, 0.6) is 0 Å². The Morgan fingerprint density at radius 1 is 0.517 bits per heavy atom. The zero-order valence-electron chi connectivity index (χ0n) is 16.9. The minimum Gasteiger partial charge on any atom is -0.0773 e. The highest BCUT2D eigenvalue weighted by Crippen LogP contribution is 2.35. The van der Waals surface area contributed by atoms with Gasteiger partial charge in [-0.2, -0.15) is 0 Å². The molecule has 0 atom stereocenters. The van der Waals surface area contributed by atoms with Crippen LogP contribution in [-0.4, -0.2) is 6.71 Å². The van der Waals surface area contributed by atoms with E-state index in [1.807, 2.05) is 0 Å². The molecule has 1 heteroatoms.